The van der Waals surface area contributed by atoms with Crippen molar-refractivity contribution in [3.8, 4) is 0 Å². The summed E-state index contributed by atoms with van der Waals surface area (Å²) in [4.78, 5) is 19.9. The van der Waals surface area contributed by atoms with E-state index in [0.29, 0.717) is 24.6 Å². The Hall–Kier alpha value is -2.19. The monoisotopic (exact) mass is 402 g/mol. The van der Waals surface area contributed by atoms with Crippen LogP contribution in [0.5, 0.6) is 0 Å². The first-order chi connectivity index (χ1) is 13.2. The molecular formula is C20H26N4O3S. The van der Waals surface area contributed by atoms with E-state index in [9.17, 15) is 13.2 Å². The molecule has 150 valence electrons. The van der Waals surface area contributed by atoms with Crippen molar-refractivity contribution in [3.63, 3.8) is 0 Å². The topological polar surface area (TPSA) is 95.2 Å². The zero-order valence-corrected chi connectivity index (χ0v) is 17.3. The van der Waals surface area contributed by atoms with Gasteiger partial charge in [0, 0.05) is 36.0 Å². The first-order valence-electron chi connectivity index (χ1n) is 9.69. The maximum absolute atomic E-state index is 12.3. The normalized spacial score (nSPS) is 20.2. The smallest absolute Gasteiger partial charge is 0.228 e. The van der Waals surface area contributed by atoms with E-state index in [-0.39, 0.29) is 23.0 Å². The van der Waals surface area contributed by atoms with Crippen LogP contribution in [0.2, 0.25) is 0 Å². The number of nitrogens with one attached hydrogen (secondary N) is 2. The Balaban J connectivity index is 1.75. The van der Waals surface area contributed by atoms with Crippen LogP contribution in [0, 0.1) is 11.3 Å². The molecule has 0 saturated heterocycles. The molecule has 1 fully saturated rings. The van der Waals surface area contributed by atoms with Gasteiger partial charge in [0.15, 0.2) is 0 Å². The van der Waals surface area contributed by atoms with Crippen LogP contribution in [0.4, 0.5) is 5.82 Å². The Morgan fingerprint density at radius 3 is 2.79 bits per heavy atom. The van der Waals surface area contributed by atoms with Gasteiger partial charge < -0.3 is 10.3 Å². The number of aromatic nitrogens is 2. The van der Waals surface area contributed by atoms with Gasteiger partial charge in [-0.3, -0.25) is 4.79 Å². The third-order valence-electron chi connectivity index (χ3n) is 5.58. The van der Waals surface area contributed by atoms with E-state index >= 15 is 0 Å². The Labute approximate surface area is 165 Å². The number of amides is 1. The highest BCUT2D eigenvalue weighted by Crippen LogP contribution is 2.42. The molecule has 4 rings (SSSR count). The Bertz CT molecular complexity index is 1060. The molecular weight excluding hydrogens is 376 g/mol. The Kier molecular flexibility index (Phi) is 4.58. The molecule has 0 radical (unpaired) electrons. The quantitative estimate of drug-likeness (QED) is 0.804. The molecule has 0 atom stereocenters. The van der Waals surface area contributed by atoms with Crippen LogP contribution in [0.3, 0.4) is 0 Å². The van der Waals surface area contributed by atoms with E-state index in [4.69, 9.17) is 0 Å². The summed E-state index contributed by atoms with van der Waals surface area (Å²) in [5.41, 5.74) is 2.40. The first kappa shape index (κ1) is 19.1. The molecule has 8 heteroatoms. The molecule has 0 bridgehead atoms. The second-order valence-corrected chi connectivity index (χ2v) is 10.5. The molecule has 2 aromatic rings. The van der Waals surface area contributed by atoms with Gasteiger partial charge in [0.1, 0.15) is 11.5 Å². The Morgan fingerprint density at radius 2 is 2.14 bits per heavy atom. The van der Waals surface area contributed by atoms with Gasteiger partial charge in [-0.05, 0) is 43.0 Å². The molecule has 2 aliphatic rings. The largest absolute Gasteiger partial charge is 0.346 e. The summed E-state index contributed by atoms with van der Waals surface area (Å²) in [7, 11) is -3.24. The number of carbonyl (C=O) groups is 1. The molecule has 0 unspecified atom stereocenters. The van der Waals surface area contributed by atoms with Gasteiger partial charge in [-0.1, -0.05) is 19.9 Å². The average molecular weight is 403 g/mol. The fourth-order valence-corrected chi connectivity index (χ4v) is 5.01. The highest BCUT2D eigenvalue weighted by molar-refractivity contribution is 7.89. The minimum absolute atomic E-state index is 0.0152. The minimum atomic E-state index is -3.24. The van der Waals surface area contributed by atoms with Crippen molar-refractivity contribution in [1.82, 2.24) is 14.3 Å². The minimum Gasteiger partial charge on any atom is -0.346 e. The number of anilines is 1. The van der Waals surface area contributed by atoms with Crippen molar-refractivity contribution in [1.29, 1.82) is 0 Å². The number of hydrogen-bond donors (Lipinski definition) is 2. The molecule has 2 N–H and O–H groups in total. The summed E-state index contributed by atoms with van der Waals surface area (Å²) < 4.78 is 26.2. The van der Waals surface area contributed by atoms with Gasteiger partial charge in [0.25, 0.3) is 0 Å². The van der Waals surface area contributed by atoms with Gasteiger partial charge in [-0.25, -0.2) is 13.4 Å². The third-order valence-corrected chi connectivity index (χ3v) is 7.37. The van der Waals surface area contributed by atoms with E-state index in [1.165, 1.54) is 0 Å². The molecule has 1 saturated carbocycles. The number of hydrogen-bond acceptors (Lipinski definition) is 4. The summed E-state index contributed by atoms with van der Waals surface area (Å²) in [5, 5.41) is 3.90. The number of H-pyrrole nitrogens is 1. The summed E-state index contributed by atoms with van der Waals surface area (Å²) in [6, 6.07) is 3.88. The lowest BCUT2D eigenvalue weighted by atomic mass is 9.77. The zero-order valence-electron chi connectivity index (χ0n) is 16.4. The van der Waals surface area contributed by atoms with Gasteiger partial charge in [0.2, 0.25) is 15.9 Å². The number of sulfonamides is 1. The van der Waals surface area contributed by atoms with Crippen LogP contribution >= 0.6 is 0 Å². The van der Waals surface area contributed by atoms with Crippen molar-refractivity contribution in [2.45, 2.75) is 33.6 Å². The van der Waals surface area contributed by atoms with E-state index in [1.807, 2.05) is 24.4 Å². The molecule has 7 nitrogen and oxygen atoms in total. The van der Waals surface area contributed by atoms with Crippen LogP contribution in [0.15, 0.2) is 24.4 Å². The summed E-state index contributed by atoms with van der Waals surface area (Å²) >= 11 is 0. The number of rotatable bonds is 5. The molecule has 0 aromatic carbocycles. The molecule has 28 heavy (non-hydrogen) atoms. The number of carbonyl (C=O) groups excluding carboxylic acids is 1. The maximum Gasteiger partial charge on any atom is 0.228 e. The predicted molar refractivity (Wildman–Crippen MR) is 110 cm³/mol. The summed E-state index contributed by atoms with van der Waals surface area (Å²) in [5.74, 6) is 0.743. The van der Waals surface area contributed by atoms with Gasteiger partial charge in [-0.2, -0.15) is 4.31 Å². The number of pyridine rings is 1. The van der Waals surface area contributed by atoms with E-state index in [0.717, 1.165) is 29.4 Å². The van der Waals surface area contributed by atoms with E-state index < -0.39 is 10.0 Å². The standard InChI is InChI=1S/C20H26N4O3S/c1-4-28(26,27)24-10-8-16(20(2,3)12-24)15-11-17(23-19(25)13-5-6-13)22-18-14(15)7-9-21-18/h7-9,11,13H,4-6,10,12H2,1-3H3,(H2,21,22,23,25). The van der Waals surface area contributed by atoms with Crippen LogP contribution < -0.4 is 5.32 Å². The second kappa shape index (κ2) is 6.70. The molecule has 1 amide bonds. The van der Waals surface area contributed by atoms with E-state index in [2.05, 4.69) is 29.1 Å². The predicted octanol–water partition coefficient (Wildman–Crippen LogP) is 2.99. The van der Waals surface area contributed by atoms with Crippen LogP contribution in [0.25, 0.3) is 16.6 Å². The van der Waals surface area contributed by atoms with Gasteiger partial charge >= 0.3 is 0 Å². The SMILES string of the molecule is CCS(=O)(=O)N1CC=C(c2cc(NC(=O)C3CC3)nc3[nH]ccc23)C(C)(C)C1. The second-order valence-electron chi connectivity index (χ2n) is 8.25. The summed E-state index contributed by atoms with van der Waals surface area (Å²) in [6.07, 6.45) is 5.69. The lowest BCUT2D eigenvalue weighted by Crippen LogP contribution is -2.43. The number of nitrogens with zero attached hydrogens (tertiary/aromatic N) is 2. The highest BCUT2D eigenvalue weighted by Gasteiger charge is 2.36. The van der Waals surface area contributed by atoms with E-state index in [1.54, 1.807) is 11.2 Å². The molecule has 0 spiro atoms. The third kappa shape index (κ3) is 3.46. The van der Waals surface area contributed by atoms with Crippen molar-refractivity contribution >= 4 is 38.4 Å². The zero-order chi connectivity index (χ0) is 20.1. The van der Waals surface area contributed by atoms with Crippen LogP contribution in [0.1, 0.15) is 39.2 Å². The summed E-state index contributed by atoms with van der Waals surface area (Å²) in [6.45, 7) is 6.55. The fraction of sp³-hybridized carbons (Fsp3) is 0.500. The van der Waals surface area contributed by atoms with Gasteiger partial charge in [-0.15, -0.1) is 0 Å². The molecule has 2 aromatic heterocycles. The molecule has 1 aliphatic heterocycles. The lowest BCUT2D eigenvalue weighted by molar-refractivity contribution is -0.117. The first-order valence-corrected chi connectivity index (χ1v) is 11.3. The van der Waals surface area contributed by atoms with Crippen molar-refractivity contribution < 1.29 is 13.2 Å². The van der Waals surface area contributed by atoms with Gasteiger partial charge in [0.05, 0.1) is 5.75 Å². The maximum atomic E-state index is 12.3. The Morgan fingerprint density at radius 1 is 1.39 bits per heavy atom. The molecule has 1 aliphatic carbocycles. The van der Waals surface area contributed by atoms with Crippen molar-refractivity contribution in [2.24, 2.45) is 11.3 Å². The molecule has 3 heterocycles. The van der Waals surface area contributed by atoms with Crippen LogP contribution in [-0.2, 0) is 14.8 Å². The highest BCUT2D eigenvalue weighted by atomic mass is 32.2. The number of aromatic amines is 1. The number of fused-ring (bicyclic) bond motifs is 1. The van der Waals surface area contributed by atoms with Crippen molar-refractivity contribution in [3.05, 3.63) is 30.0 Å². The lowest BCUT2D eigenvalue weighted by Gasteiger charge is -2.38. The average Bonchev–Trinajstić information content (AvgIpc) is 3.39. The van der Waals surface area contributed by atoms with Crippen molar-refractivity contribution in [2.75, 3.05) is 24.2 Å². The fourth-order valence-electron chi connectivity index (χ4n) is 3.83. The van der Waals surface area contributed by atoms with Crippen LogP contribution in [-0.4, -0.2) is 47.4 Å².